The van der Waals surface area contributed by atoms with Crippen LogP contribution in [0.1, 0.15) is 5.56 Å². The Morgan fingerprint density at radius 3 is 2.65 bits per heavy atom. The van der Waals surface area contributed by atoms with Crippen LogP contribution in [0.5, 0.6) is 5.75 Å². The third kappa shape index (κ3) is 3.74. The topological polar surface area (TPSA) is 77.2 Å². The van der Waals surface area contributed by atoms with Gasteiger partial charge in [0, 0.05) is 5.56 Å². The number of para-hydroxylation sites is 1. The first-order valence-electron chi connectivity index (χ1n) is 7.10. The molecule has 0 aliphatic rings. The van der Waals surface area contributed by atoms with Crippen molar-refractivity contribution in [3.8, 4) is 17.2 Å². The van der Waals surface area contributed by atoms with Gasteiger partial charge in [0.1, 0.15) is 5.75 Å². The fraction of sp³-hybridized carbons (Fsp3) is 0.118. The number of aromatic nitrogens is 2. The van der Waals surface area contributed by atoms with Crippen LogP contribution in [0.25, 0.3) is 11.5 Å². The average molecular weight is 309 g/mol. The Labute approximate surface area is 133 Å². The van der Waals surface area contributed by atoms with Crippen LogP contribution in [0.2, 0.25) is 0 Å². The van der Waals surface area contributed by atoms with E-state index in [9.17, 15) is 4.79 Å². The molecule has 1 heterocycles. The highest BCUT2D eigenvalue weighted by Gasteiger charge is 2.13. The minimum absolute atomic E-state index is 0.116. The molecule has 0 saturated heterocycles. The third-order valence-electron chi connectivity index (χ3n) is 3.17. The molecule has 3 aromatic rings. The molecule has 0 aliphatic heterocycles. The van der Waals surface area contributed by atoms with Crippen LogP contribution in [-0.4, -0.2) is 22.7 Å². The van der Waals surface area contributed by atoms with Crippen molar-refractivity contribution in [1.82, 2.24) is 10.1 Å². The first-order chi connectivity index (χ1) is 11.2. The fourth-order valence-corrected chi connectivity index (χ4v) is 2.02. The summed E-state index contributed by atoms with van der Waals surface area (Å²) >= 11 is 0. The summed E-state index contributed by atoms with van der Waals surface area (Å²) in [6.45, 7) is 1.82. The molecule has 1 amide bonds. The van der Waals surface area contributed by atoms with Crippen molar-refractivity contribution in [3.63, 3.8) is 0 Å². The Hall–Kier alpha value is -3.15. The molecule has 0 fully saturated rings. The maximum Gasteiger partial charge on any atom is 0.270 e. The van der Waals surface area contributed by atoms with Crippen molar-refractivity contribution in [3.05, 3.63) is 60.2 Å². The third-order valence-corrected chi connectivity index (χ3v) is 3.17. The molecule has 6 nitrogen and oxygen atoms in total. The van der Waals surface area contributed by atoms with Gasteiger partial charge in [0.25, 0.3) is 17.7 Å². The highest BCUT2D eigenvalue weighted by Crippen LogP contribution is 2.22. The minimum atomic E-state index is -0.356. The van der Waals surface area contributed by atoms with E-state index in [0.29, 0.717) is 11.6 Å². The van der Waals surface area contributed by atoms with Gasteiger partial charge in [0.2, 0.25) is 0 Å². The van der Waals surface area contributed by atoms with Crippen LogP contribution in [0.3, 0.4) is 0 Å². The van der Waals surface area contributed by atoms with E-state index in [1.807, 2.05) is 49.4 Å². The van der Waals surface area contributed by atoms with E-state index in [1.54, 1.807) is 12.1 Å². The molecule has 0 spiro atoms. The zero-order valence-electron chi connectivity index (χ0n) is 12.5. The van der Waals surface area contributed by atoms with E-state index >= 15 is 0 Å². The molecule has 1 N–H and O–H groups in total. The van der Waals surface area contributed by atoms with Crippen LogP contribution in [0.4, 0.5) is 5.95 Å². The van der Waals surface area contributed by atoms with E-state index < -0.39 is 0 Å². The van der Waals surface area contributed by atoms with Gasteiger partial charge < -0.3 is 9.26 Å². The SMILES string of the molecule is Cc1ccccc1-c1nc(NC(=O)COc2ccccc2)no1. The van der Waals surface area contributed by atoms with E-state index in [-0.39, 0.29) is 18.5 Å². The lowest BCUT2D eigenvalue weighted by molar-refractivity contribution is -0.118. The summed E-state index contributed by atoms with van der Waals surface area (Å²) in [4.78, 5) is 16.0. The number of ether oxygens (including phenoxy) is 1. The highest BCUT2D eigenvalue weighted by molar-refractivity contribution is 5.90. The second kappa shape index (κ2) is 6.74. The van der Waals surface area contributed by atoms with Crippen LogP contribution < -0.4 is 10.1 Å². The lowest BCUT2D eigenvalue weighted by Crippen LogP contribution is -2.20. The summed E-state index contributed by atoms with van der Waals surface area (Å²) in [5.74, 6) is 0.745. The molecule has 0 radical (unpaired) electrons. The summed E-state index contributed by atoms with van der Waals surface area (Å²) < 4.78 is 10.5. The largest absolute Gasteiger partial charge is 0.484 e. The summed E-state index contributed by atoms with van der Waals surface area (Å²) in [6.07, 6.45) is 0. The molecule has 6 heteroatoms. The lowest BCUT2D eigenvalue weighted by Gasteiger charge is -2.04. The number of amides is 1. The smallest absolute Gasteiger partial charge is 0.270 e. The molecule has 116 valence electrons. The molecule has 2 aromatic carbocycles. The van der Waals surface area contributed by atoms with Gasteiger partial charge in [-0.1, -0.05) is 36.4 Å². The van der Waals surface area contributed by atoms with Crippen LogP contribution in [0, 0.1) is 6.92 Å². The van der Waals surface area contributed by atoms with Crippen LogP contribution >= 0.6 is 0 Å². The molecule has 3 rings (SSSR count). The standard InChI is InChI=1S/C17H15N3O3/c1-12-7-5-6-10-14(12)16-19-17(20-23-16)18-15(21)11-22-13-8-3-2-4-9-13/h2-10H,11H2,1H3,(H,18,20,21). The lowest BCUT2D eigenvalue weighted by atomic mass is 10.1. The van der Waals surface area contributed by atoms with Crippen molar-refractivity contribution >= 4 is 11.9 Å². The Balaban J connectivity index is 1.61. The second-order valence-corrected chi connectivity index (χ2v) is 4.89. The number of nitrogens with zero attached hydrogens (tertiary/aromatic N) is 2. The van der Waals surface area contributed by atoms with E-state index in [2.05, 4.69) is 15.5 Å². The molecule has 1 aromatic heterocycles. The monoisotopic (exact) mass is 309 g/mol. The van der Waals surface area contributed by atoms with Gasteiger partial charge in [-0.3, -0.25) is 10.1 Å². The number of anilines is 1. The van der Waals surface area contributed by atoms with Crippen molar-refractivity contribution in [2.45, 2.75) is 6.92 Å². The zero-order chi connectivity index (χ0) is 16.1. The Morgan fingerprint density at radius 2 is 1.87 bits per heavy atom. The van der Waals surface area contributed by atoms with Gasteiger partial charge in [-0.2, -0.15) is 4.98 Å². The Bertz CT molecular complexity index is 800. The van der Waals surface area contributed by atoms with Crippen LogP contribution in [0.15, 0.2) is 59.1 Å². The molecule has 23 heavy (non-hydrogen) atoms. The number of aryl methyl sites for hydroxylation is 1. The van der Waals surface area contributed by atoms with Gasteiger partial charge in [-0.15, -0.1) is 0 Å². The number of benzene rings is 2. The first-order valence-corrected chi connectivity index (χ1v) is 7.10. The average Bonchev–Trinajstić information content (AvgIpc) is 3.02. The van der Waals surface area contributed by atoms with Crippen molar-refractivity contribution < 1.29 is 14.1 Å². The first kappa shape index (κ1) is 14.8. The minimum Gasteiger partial charge on any atom is -0.484 e. The summed E-state index contributed by atoms with van der Waals surface area (Å²) in [5, 5.41) is 6.30. The van der Waals surface area contributed by atoms with Crippen molar-refractivity contribution in [2.24, 2.45) is 0 Å². The number of hydrogen-bond donors (Lipinski definition) is 1. The van der Waals surface area contributed by atoms with E-state index in [4.69, 9.17) is 9.26 Å². The molecule has 0 atom stereocenters. The molecule has 0 saturated carbocycles. The predicted octanol–water partition coefficient (Wildman–Crippen LogP) is 3.06. The highest BCUT2D eigenvalue weighted by atomic mass is 16.5. The predicted molar refractivity (Wildman–Crippen MR) is 85.0 cm³/mol. The number of rotatable bonds is 5. The Kier molecular flexibility index (Phi) is 4.33. The second-order valence-electron chi connectivity index (χ2n) is 4.89. The molecule has 0 aliphatic carbocycles. The molecular formula is C17H15N3O3. The summed E-state index contributed by atoms with van der Waals surface area (Å²) in [6, 6.07) is 16.7. The van der Waals surface area contributed by atoms with Gasteiger partial charge in [0.05, 0.1) is 0 Å². The maximum atomic E-state index is 11.8. The van der Waals surface area contributed by atoms with E-state index in [1.165, 1.54) is 0 Å². The van der Waals surface area contributed by atoms with Gasteiger partial charge in [0.15, 0.2) is 6.61 Å². The fourth-order valence-electron chi connectivity index (χ4n) is 2.02. The molecular weight excluding hydrogens is 294 g/mol. The van der Waals surface area contributed by atoms with Crippen molar-refractivity contribution in [2.75, 3.05) is 11.9 Å². The summed E-state index contributed by atoms with van der Waals surface area (Å²) in [7, 11) is 0. The van der Waals surface area contributed by atoms with Crippen LogP contribution in [-0.2, 0) is 4.79 Å². The Morgan fingerprint density at radius 1 is 1.13 bits per heavy atom. The maximum absolute atomic E-state index is 11.8. The van der Waals surface area contributed by atoms with Gasteiger partial charge >= 0.3 is 0 Å². The number of carbonyl (C=O) groups is 1. The number of hydrogen-bond acceptors (Lipinski definition) is 5. The molecule has 0 bridgehead atoms. The van der Waals surface area contributed by atoms with Gasteiger partial charge in [-0.05, 0) is 35.8 Å². The molecule has 0 unspecified atom stereocenters. The van der Waals surface area contributed by atoms with E-state index in [0.717, 1.165) is 11.1 Å². The van der Waals surface area contributed by atoms with Crippen molar-refractivity contribution in [1.29, 1.82) is 0 Å². The summed E-state index contributed by atoms with van der Waals surface area (Å²) in [5.41, 5.74) is 1.85. The zero-order valence-corrected chi connectivity index (χ0v) is 12.5. The number of carbonyl (C=O) groups excluding carboxylic acids is 1. The van der Waals surface area contributed by atoms with Gasteiger partial charge in [-0.25, -0.2) is 0 Å². The normalized spacial score (nSPS) is 10.3. The quantitative estimate of drug-likeness (QED) is 0.783. The number of nitrogens with one attached hydrogen (secondary N) is 1.